The van der Waals surface area contributed by atoms with Gasteiger partial charge in [-0.25, -0.2) is 0 Å². The molecule has 128 valence electrons. The Balaban J connectivity index is 1.80. The molecule has 0 saturated heterocycles. The fraction of sp³-hybridized carbons (Fsp3) is 0.238. The number of rotatable bonds is 4. The molecular formula is C21H19Cl2NO. The van der Waals surface area contributed by atoms with Crippen LogP contribution >= 0.6 is 23.2 Å². The number of anilines is 1. The van der Waals surface area contributed by atoms with E-state index in [1.165, 1.54) is 0 Å². The van der Waals surface area contributed by atoms with Gasteiger partial charge in [0.05, 0.1) is 16.8 Å². The SMILES string of the molecule is C=CCOc1ccccc1[C@@H]1Nc2c(Cl)ccc(Cl)c2[C@H]2C=CC[C@H]21. The van der Waals surface area contributed by atoms with Crippen molar-refractivity contribution >= 4 is 28.9 Å². The molecule has 2 aromatic carbocycles. The number of hydrogen-bond donors (Lipinski definition) is 1. The minimum absolute atomic E-state index is 0.115. The fourth-order valence-electron chi connectivity index (χ4n) is 3.95. The molecule has 0 radical (unpaired) electrons. The van der Waals surface area contributed by atoms with Crippen LogP contribution in [0.4, 0.5) is 5.69 Å². The molecule has 1 heterocycles. The van der Waals surface area contributed by atoms with Crippen molar-refractivity contribution < 1.29 is 4.74 Å². The van der Waals surface area contributed by atoms with Crippen LogP contribution in [-0.2, 0) is 0 Å². The lowest BCUT2D eigenvalue weighted by Crippen LogP contribution is -2.30. The molecule has 0 fully saturated rings. The van der Waals surface area contributed by atoms with Crippen LogP contribution in [0.2, 0.25) is 10.0 Å². The highest BCUT2D eigenvalue weighted by Crippen LogP contribution is 2.54. The van der Waals surface area contributed by atoms with Crippen LogP contribution in [0.3, 0.4) is 0 Å². The Morgan fingerprint density at radius 1 is 1.16 bits per heavy atom. The molecule has 2 nitrogen and oxygen atoms in total. The molecular weight excluding hydrogens is 353 g/mol. The van der Waals surface area contributed by atoms with E-state index in [1.807, 2.05) is 30.3 Å². The van der Waals surface area contributed by atoms with Crippen molar-refractivity contribution in [1.82, 2.24) is 0 Å². The van der Waals surface area contributed by atoms with E-state index >= 15 is 0 Å². The predicted octanol–water partition coefficient (Wildman–Crippen LogP) is 6.38. The molecule has 0 saturated carbocycles. The van der Waals surface area contributed by atoms with E-state index in [4.69, 9.17) is 27.9 Å². The number of benzene rings is 2. The van der Waals surface area contributed by atoms with E-state index in [0.29, 0.717) is 17.5 Å². The number of allylic oxidation sites excluding steroid dienone is 2. The highest BCUT2D eigenvalue weighted by Gasteiger charge is 2.40. The third-order valence-electron chi connectivity index (χ3n) is 5.03. The van der Waals surface area contributed by atoms with Gasteiger partial charge in [-0.05, 0) is 30.5 Å². The van der Waals surface area contributed by atoms with Crippen molar-refractivity contribution in [2.75, 3.05) is 11.9 Å². The standard InChI is InChI=1S/C21H19Cl2NO/c1-2-12-25-18-9-4-3-6-15(18)20-14-8-5-7-13(14)19-16(22)10-11-17(23)21(19)24-20/h2-7,9-11,13-14,20,24H,1,8,12H2/t13-,14+,20+/m0/s1. The van der Waals surface area contributed by atoms with Gasteiger partial charge in [0, 0.05) is 22.1 Å². The van der Waals surface area contributed by atoms with Gasteiger partial charge in [0.15, 0.2) is 0 Å². The maximum atomic E-state index is 6.51. The van der Waals surface area contributed by atoms with Gasteiger partial charge in [-0.1, -0.05) is 66.2 Å². The Hall–Kier alpha value is -1.90. The van der Waals surface area contributed by atoms with Crippen LogP contribution in [0.25, 0.3) is 0 Å². The second-order valence-corrected chi connectivity index (χ2v) is 7.25. The molecule has 1 aliphatic heterocycles. The lowest BCUT2D eigenvalue weighted by molar-refractivity contribution is 0.346. The van der Waals surface area contributed by atoms with Crippen molar-refractivity contribution in [3.05, 3.63) is 82.4 Å². The summed E-state index contributed by atoms with van der Waals surface area (Å²) < 4.78 is 5.89. The molecule has 2 aromatic rings. The summed E-state index contributed by atoms with van der Waals surface area (Å²) in [5.74, 6) is 1.53. The summed E-state index contributed by atoms with van der Waals surface area (Å²) in [7, 11) is 0. The molecule has 0 bridgehead atoms. The number of hydrogen-bond acceptors (Lipinski definition) is 2. The molecule has 4 rings (SSSR count). The van der Waals surface area contributed by atoms with Gasteiger partial charge in [0.2, 0.25) is 0 Å². The lowest BCUT2D eigenvalue weighted by atomic mass is 9.77. The van der Waals surface area contributed by atoms with E-state index in [-0.39, 0.29) is 12.0 Å². The Bertz CT molecular complexity index is 846. The van der Waals surface area contributed by atoms with Gasteiger partial charge in [0.1, 0.15) is 12.4 Å². The van der Waals surface area contributed by atoms with Crippen LogP contribution in [0.1, 0.15) is 29.5 Å². The van der Waals surface area contributed by atoms with E-state index in [1.54, 1.807) is 6.08 Å². The Labute approximate surface area is 158 Å². The smallest absolute Gasteiger partial charge is 0.125 e. The monoisotopic (exact) mass is 371 g/mol. The summed E-state index contributed by atoms with van der Waals surface area (Å²) in [6, 6.07) is 12.0. The van der Waals surface area contributed by atoms with Crippen LogP contribution in [-0.4, -0.2) is 6.61 Å². The fourth-order valence-corrected chi connectivity index (χ4v) is 4.46. The van der Waals surface area contributed by atoms with E-state index in [0.717, 1.165) is 34.0 Å². The van der Waals surface area contributed by atoms with Crippen LogP contribution in [0.15, 0.2) is 61.2 Å². The Morgan fingerprint density at radius 3 is 2.80 bits per heavy atom. The lowest BCUT2D eigenvalue weighted by Gasteiger charge is -2.38. The van der Waals surface area contributed by atoms with Crippen LogP contribution in [0.5, 0.6) is 5.75 Å². The second-order valence-electron chi connectivity index (χ2n) is 6.43. The first-order chi connectivity index (χ1) is 12.2. The summed E-state index contributed by atoms with van der Waals surface area (Å²) >= 11 is 13.0. The summed E-state index contributed by atoms with van der Waals surface area (Å²) in [5.41, 5.74) is 3.18. The van der Waals surface area contributed by atoms with Crippen molar-refractivity contribution in [3.8, 4) is 5.75 Å². The van der Waals surface area contributed by atoms with Crippen molar-refractivity contribution in [1.29, 1.82) is 0 Å². The van der Waals surface area contributed by atoms with Gasteiger partial charge in [-0.2, -0.15) is 0 Å². The summed E-state index contributed by atoms with van der Waals surface area (Å²) in [5, 5.41) is 5.12. The number of halogens is 2. The predicted molar refractivity (Wildman–Crippen MR) is 105 cm³/mol. The first-order valence-electron chi connectivity index (χ1n) is 8.44. The third kappa shape index (κ3) is 2.84. The average Bonchev–Trinajstić information content (AvgIpc) is 3.12. The van der Waals surface area contributed by atoms with Gasteiger partial charge >= 0.3 is 0 Å². The summed E-state index contributed by atoms with van der Waals surface area (Å²) in [6.07, 6.45) is 7.26. The summed E-state index contributed by atoms with van der Waals surface area (Å²) in [4.78, 5) is 0. The Kier molecular flexibility index (Phi) is 4.49. The van der Waals surface area contributed by atoms with Gasteiger partial charge in [0.25, 0.3) is 0 Å². The zero-order valence-corrected chi connectivity index (χ0v) is 15.2. The second kappa shape index (κ2) is 6.78. The van der Waals surface area contributed by atoms with Gasteiger partial charge < -0.3 is 10.1 Å². The molecule has 3 atom stereocenters. The molecule has 1 aliphatic carbocycles. The quantitative estimate of drug-likeness (QED) is 0.629. The topological polar surface area (TPSA) is 21.3 Å². The first-order valence-corrected chi connectivity index (χ1v) is 9.20. The minimum atomic E-state index is 0.115. The largest absolute Gasteiger partial charge is 0.489 e. The van der Waals surface area contributed by atoms with E-state index in [9.17, 15) is 0 Å². The zero-order chi connectivity index (χ0) is 17.4. The number of ether oxygens (including phenoxy) is 1. The molecule has 0 unspecified atom stereocenters. The van der Waals surface area contributed by atoms with E-state index in [2.05, 4.69) is 30.1 Å². The zero-order valence-electron chi connectivity index (χ0n) is 13.7. The Morgan fingerprint density at radius 2 is 1.96 bits per heavy atom. The van der Waals surface area contributed by atoms with E-state index < -0.39 is 0 Å². The van der Waals surface area contributed by atoms with Crippen molar-refractivity contribution in [3.63, 3.8) is 0 Å². The van der Waals surface area contributed by atoms with Crippen LogP contribution < -0.4 is 10.1 Å². The third-order valence-corrected chi connectivity index (χ3v) is 5.67. The van der Waals surface area contributed by atoms with Gasteiger partial charge in [-0.3, -0.25) is 0 Å². The van der Waals surface area contributed by atoms with Gasteiger partial charge in [-0.15, -0.1) is 0 Å². The van der Waals surface area contributed by atoms with Crippen molar-refractivity contribution in [2.24, 2.45) is 5.92 Å². The molecule has 0 spiro atoms. The maximum Gasteiger partial charge on any atom is 0.125 e. The highest BCUT2D eigenvalue weighted by molar-refractivity contribution is 6.36. The summed E-state index contributed by atoms with van der Waals surface area (Å²) in [6.45, 7) is 4.22. The minimum Gasteiger partial charge on any atom is -0.489 e. The molecule has 1 N–H and O–H groups in total. The van der Waals surface area contributed by atoms with Crippen LogP contribution in [0, 0.1) is 5.92 Å². The first kappa shape index (κ1) is 16.6. The number of nitrogens with one attached hydrogen (secondary N) is 1. The normalized spacial score (nSPS) is 23.5. The molecule has 25 heavy (non-hydrogen) atoms. The maximum absolute atomic E-state index is 6.51. The van der Waals surface area contributed by atoms with Crippen molar-refractivity contribution in [2.45, 2.75) is 18.4 Å². The molecule has 0 amide bonds. The average molecular weight is 372 g/mol. The molecule has 0 aromatic heterocycles. The number of fused-ring (bicyclic) bond motifs is 3. The molecule has 2 aliphatic rings. The molecule has 4 heteroatoms. The number of para-hydroxylation sites is 1. The highest BCUT2D eigenvalue weighted by atomic mass is 35.5.